The van der Waals surface area contributed by atoms with Gasteiger partial charge in [0.05, 0.1) is 17.2 Å². The molecule has 0 aliphatic heterocycles. The molecular weight excluding hydrogens is 382 g/mol. The average Bonchev–Trinajstić information content (AvgIpc) is 2.65. The third-order valence-corrected chi connectivity index (χ3v) is 5.56. The summed E-state index contributed by atoms with van der Waals surface area (Å²) in [6, 6.07) is 12.4. The number of carbonyl (C=O) groups excluding carboxylic acids is 3. The lowest BCUT2D eigenvalue weighted by Crippen LogP contribution is -2.33. The molecule has 8 nitrogen and oxygen atoms in total. The summed E-state index contributed by atoms with van der Waals surface area (Å²) in [6.07, 6.45) is -0.197. The lowest BCUT2D eigenvalue weighted by molar-refractivity contribution is -0.117. The molecule has 0 atom stereocenters. The first-order valence-corrected chi connectivity index (χ1v) is 10.1. The summed E-state index contributed by atoms with van der Waals surface area (Å²) in [5.41, 5.74) is 6.62. The summed E-state index contributed by atoms with van der Waals surface area (Å²) in [4.78, 5) is 34.7. The smallest absolute Gasteiger partial charge is 0.251 e. The van der Waals surface area contributed by atoms with Crippen molar-refractivity contribution in [2.24, 2.45) is 5.73 Å². The van der Waals surface area contributed by atoms with Gasteiger partial charge in [-0.05, 0) is 43.3 Å². The van der Waals surface area contributed by atoms with Crippen LogP contribution in [0.2, 0.25) is 0 Å². The van der Waals surface area contributed by atoms with Gasteiger partial charge < -0.3 is 16.4 Å². The van der Waals surface area contributed by atoms with Crippen molar-refractivity contribution in [2.75, 3.05) is 17.6 Å². The van der Waals surface area contributed by atoms with Crippen molar-refractivity contribution in [3.8, 4) is 0 Å². The van der Waals surface area contributed by atoms with Gasteiger partial charge in [0.2, 0.25) is 11.8 Å². The van der Waals surface area contributed by atoms with Gasteiger partial charge >= 0.3 is 0 Å². The molecule has 9 heteroatoms. The van der Waals surface area contributed by atoms with Crippen molar-refractivity contribution in [3.63, 3.8) is 0 Å². The highest BCUT2D eigenvalue weighted by Gasteiger charge is 2.16. The largest absolute Gasteiger partial charge is 0.368 e. The fourth-order valence-electron chi connectivity index (χ4n) is 2.29. The molecule has 0 unspecified atom stereocenters. The molecule has 0 saturated heterocycles. The van der Waals surface area contributed by atoms with Crippen molar-refractivity contribution in [1.29, 1.82) is 0 Å². The maximum absolute atomic E-state index is 12.3. The van der Waals surface area contributed by atoms with Crippen LogP contribution in [0.3, 0.4) is 0 Å². The van der Waals surface area contributed by atoms with E-state index < -0.39 is 27.6 Å². The summed E-state index contributed by atoms with van der Waals surface area (Å²) >= 11 is 0. The van der Waals surface area contributed by atoms with Crippen LogP contribution in [0.15, 0.2) is 53.4 Å². The van der Waals surface area contributed by atoms with E-state index in [0.29, 0.717) is 11.3 Å². The maximum atomic E-state index is 12.3. The molecule has 0 fully saturated rings. The minimum absolute atomic E-state index is 0.178. The van der Waals surface area contributed by atoms with Crippen molar-refractivity contribution in [3.05, 3.63) is 59.7 Å². The van der Waals surface area contributed by atoms with Crippen LogP contribution >= 0.6 is 0 Å². The number of hydrogen-bond donors (Lipinski definition) is 3. The molecule has 0 aliphatic rings. The molecule has 148 valence electrons. The van der Waals surface area contributed by atoms with Gasteiger partial charge in [-0.3, -0.25) is 14.4 Å². The fourth-order valence-corrected chi connectivity index (χ4v) is 3.53. The zero-order chi connectivity index (χ0) is 20.7. The molecule has 2 rings (SSSR count). The summed E-state index contributed by atoms with van der Waals surface area (Å²) in [5, 5.41) is 4.93. The number of carbonyl (C=O) groups is 3. The van der Waals surface area contributed by atoms with E-state index >= 15 is 0 Å². The van der Waals surface area contributed by atoms with E-state index in [1.54, 1.807) is 12.1 Å². The SMILES string of the molecule is Cc1ccc(S(=O)(=O)CCC(=O)Nc2ccc(C(=O)NCC(N)=O)cc2)cc1. The number of nitrogens with one attached hydrogen (secondary N) is 2. The highest BCUT2D eigenvalue weighted by molar-refractivity contribution is 7.91. The molecule has 3 amide bonds. The van der Waals surface area contributed by atoms with Gasteiger partial charge in [0.25, 0.3) is 5.91 Å². The van der Waals surface area contributed by atoms with Crippen LogP contribution in [0.5, 0.6) is 0 Å². The molecule has 4 N–H and O–H groups in total. The predicted octanol–water partition coefficient (Wildman–Crippen LogP) is 1.01. The average molecular weight is 403 g/mol. The Morgan fingerprint density at radius 3 is 2.14 bits per heavy atom. The second-order valence-electron chi connectivity index (χ2n) is 6.16. The van der Waals surface area contributed by atoms with Crippen molar-refractivity contribution >= 4 is 33.2 Å². The maximum Gasteiger partial charge on any atom is 0.251 e. The highest BCUT2D eigenvalue weighted by atomic mass is 32.2. The van der Waals surface area contributed by atoms with Crippen LogP contribution < -0.4 is 16.4 Å². The molecule has 2 aromatic rings. The minimum atomic E-state index is -3.55. The lowest BCUT2D eigenvalue weighted by atomic mass is 10.2. The quantitative estimate of drug-likeness (QED) is 0.604. The molecule has 28 heavy (non-hydrogen) atoms. The van der Waals surface area contributed by atoms with Crippen LogP contribution in [0.1, 0.15) is 22.3 Å². The first-order chi connectivity index (χ1) is 13.2. The molecule has 0 bridgehead atoms. The molecule has 0 heterocycles. The number of nitrogens with two attached hydrogens (primary N) is 1. The monoisotopic (exact) mass is 403 g/mol. The first kappa shape index (κ1) is 21.1. The number of benzene rings is 2. The Morgan fingerprint density at radius 1 is 0.964 bits per heavy atom. The van der Waals surface area contributed by atoms with Gasteiger partial charge in [-0.1, -0.05) is 17.7 Å². The fraction of sp³-hybridized carbons (Fsp3) is 0.211. The van der Waals surface area contributed by atoms with Crippen LogP contribution in [-0.2, 0) is 19.4 Å². The van der Waals surface area contributed by atoms with E-state index in [-0.39, 0.29) is 23.6 Å². The Morgan fingerprint density at radius 2 is 1.57 bits per heavy atom. The van der Waals surface area contributed by atoms with E-state index in [1.807, 2.05) is 6.92 Å². The third kappa shape index (κ3) is 6.20. The van der Waals surface area contributed by atoms with Crippen molar-refractivity contribution < 1.29 is 22.8 Å². The molecule has 0 saturated carbocycles. The standard InChI is InChI=1S/C19H21N3O5S/c1-13-2-8-16(9-3-13)28(26,27)11-10-18(24)22-15-6-4-14(5-7-15)19(25)21-12-17(20)23/h2-9H,10-12H2,1H3,(H2,20,23)(H,21,25)(H,22,24). The second kappa shape index (κ2) is 9.14. The highest BCUT2D eigenvalue weighted by Crippen LogP contribution is 2.14. The normalized spacial score (nSPS) is 10.9. The summed E-state index contributed by atoms with van der Waals surface area (Å²) in [5.74, 6) is -1.89. The number of hydrogen-bond acceptors (Lipinski definition) is 5. The van der Waals surface area contributed by atoms with Crippen LogP contribution in [0.4, 0.5) is 5.69 Å². The van der Waals surface area contributed by atoms with E-state index in [9.17, 15) is 22.8 Å². The van der Waals surface area contributed by atoms with Gasteiger partial charge in [0.15, 0.2) is 9.84 Å². The molecule has 0 radical (unpaired) electrons. The van der Waals surface area contributed by atoms with E-state index in [0.717, 1.165) is 5.56 Å². The van der Waals surface area contributed by atoms with Crippen molar-refractivity contribution in [1.82, 2.24) is 5.32 Å². The number of rotatable bonds is 8. The summed E-state index contributed by atoms with van der Waals surface area (Å²) < 4.78 is 24.5. The lowest BCUT2D eigenvalue weighted by Gasteiger charge is -2.08. The Labute approximate surface area is 163 Å². The number of aryl methyl sites for hydroxylation is 1. The zero-order valence-electron chi connectivity index (χ0n) is 15.3. The van der Waals surface area contributed by atoms with Crippen LogP contribution in [0.25, 0.3) is 0 Å². The van der Waals surface area contributed by atoms with E-state index in [2.05, 4.69) is 10.6 Å². The van der Waals surface area contributed by atoms with E-state index in [1.165, 1.54) is 36.4 Å². The Kier molecular flexibility index (Phi) is 6.89. The summed E-state index contributed by atoms with van der Waals surface area (Å²) in [6.45, 7) is 1.59. The Bertz CT molecular complexity index is 968. The predicted molar refractivity (Wildman–Crippen MR) is 104 cm³/mol. The first-order valence-electron chi connectivity index (χ1n) is 8.43. The number of sulfone groups is 1. The van der Waals surface area contributed by atoms with Gasteiger partial charge in [0.1, 0.15) is 0 Å². The molecule has 0 aliphatic carbocycles. The number of amides is 3. The number of anilines is 1. The van der Waals surface area contributed by atoms with Crippen LogP contribution in [-0.4, -0.2) is 38.4 Å². The van der Waals surface area contributed by atoms with Gasteiger partial charge in [-0.15, -0.1) is 0 Å². The Hall–Kier alpha value is -3.20. The molecule has 2 aromatic carbocycles. The molecule has 0 aromatic heterocycles. The molecular formula is C19H21N3O5S. The van der Waals surface area contributed by atoms with Crippen LogP contribution in [0, 0.1) is 6.92 Å². The Balaban J connectivity index is 1.89. The summed E-state index contributed by atoms with van der Waals surface area (Å²) in [7, 11) is -3.55. The van der Waals surface area contributed by atoms with Gasteiger partial charge in [-0.2, -0.15) is 0 Å². The topological polar surface area (TPSA) is 135 Å². The second-order valence-corrected chi connectivity index (χ2v) is 8.27. The number of primary amides is 1. The minimum Gasteiger partial charge on any atom is -0.368 e. The van der Waals surface area contributed by atoms with E-state index in [4.69, 9.17) is 5.73 Å². The van der Waals surface area contributed by atoms with Gasteiger partial charge in [0, 0.05) is 17.7 Å². The molecule has 0 spiro atoms. The van der Waals surface area contributed by atoms with Crippen molar-refractivity contribution in [2.45, 2.75) is 18.2 Å². The third-order valence-electron chi connectivity index (χ3n) is 3.83. The van der Waals surface area contributed by atoms with Gasteiger partial charge in [-0.25, -0.2) is 8.42 Å². The zero-order valence-corrected chi connectivity index (χ0v) is 16.1.